The summed E-state index contributed by atoms with van der Waals surface area (Å²) in [7, 11) is 0. The monoisotopic (exact) mass is 288 g/mol. The number of aromatic nitrogens is 3. The van der Waals surface area contributed by atoms with E-state index in [1.807, 2.05) is 19.3 Å². The van der Waals surface area contributed by atoms with Crippen molar-refractivity contribution in [2.75, 3.05) is 6.54 Å². The first kappa shape index (κ1) is 14.5. The van der Waals surface area contributed by atoms with Crippen molar-refractivity contribution in [3.63, 3.8) is 0 Å². The van der Waals surface area contributed by atoms with Crippen LogP contribution in [0.4, 0.5) is 0 Å². The van der Waals surface area contributed by atoms with E-state index in [0.717, 1.165) is 18.7 Å². The zero-order valence-corrected chi connectivity index (χ0v) is 12.6. The van der Waals surface area contributed by atoms with Crippen molar-refractivity contribution in [2.24, 2.45) is 0 Å². The van der Waals surface area contributed by atoms with Gasteiger partial charge in [0.15, 0.2) is 5.65 Å². The summed E-state index contributed by atoms with van der Waals surface area (Å²) in [6, 6.07) is 0.584. The van der Waals surface area contributed by atoms with Crippen LogP contribution >= 0.6 is 0 Å². The van der Waals surface area contributed by atoms with Crippen molar-refractivity contribution in [3.8, 4) is 0 Å². The summed E-state index contributed by atoms with van der Waals surface area (Å²) >= 11 is 0. The largest absolute Gasteiger partial charge is 0.392 e. The van der Waals surface area contributed by atoms with Crippen molar-refractivity contribution in [3.05, 3.63) is 30.5 Å². The lowest BCUT2D eigenvalue weighted by atomic mass is 9.94. The van der Waals surface area contributed by atoms with Gasteiger partial charge in [-0.25, -0.2) is 4.98 Å². The summed E-state index contributed by atoms with van der Waals surface area (Å²) in [5.41, 5.74) is 2.05. The molecule has 1 saturated carbocycles. The molecule has 0 bridgehead atoms. The molecule has 3 rings (SSSR count). The van der Waals surface area contributed by atoms with Crippen molar-refractivity contribution in [2.45, 2.75) is 57.7 Å². The second-order valence-corrected chi connectivity index (χ2v) is 6.12. The van der Waals surface area contributed by atoms with E-state index >= 15 is 0 Å². The van der Waals surface area contributed by atoms with Gasteiger partial charge in [0.05, 0.1) is 24.2 Å². The standard InChI is InChI=1S/C16H24N4O/c1-13(21)11-19(14-5-3-2-4-6-14)12-15-9-18-16-10-17-7-8-20(15)16/h7-10,13-14,21H,2-6,11-12H2,1H3. The molecule has 5 nitrogen and oxygen atoms in total. The molecule has 1 unspecified atom stereocenters. The van der Waals surface area contributed by atoms with Crippen molar-refractivity contribution < 1.29 is 5.11 Å². The molecule has 2 aromatic rings. The van der Waals surface area contributed by atoms with Crippen LogP contribution in [-0.4, -0.2) is 43.1 Å². The van der Waals surface area contributed by atoms with Gasteiger partial charge in [0.25, 0.3) is 0 Å². The minimum Gasteiger partial charge on any atom is -0.392 e. The predicted octanol–water partition coefficient (Wildman–Crippen LogP) is 2.24. The molecule has 0 amide bonds. The summed E-state index contributed by atoms with van der Waals surface area (Å²) in [5.74, 6) is 0. The van der Waals surface area contributed by atoms with E-state index in [1.54, 1.807) is 12.4 Å². The lowest BCUT2D eigenvalue weighted by Crippen LogP contribution is -2.40. The highest BCUT2D eigenvalue weighted by molar-refractivity contribution is 5.36. The fourth-order valence-electron chi connectivity index (χ4n) is 3.35. The van der Waals surface area contributed by atoms with Crippen LogP contribution in [0.15, 0.2) is 24.8 Å². The average Bonchev–Trinajstić information content (AvgIpc) is 2.90. The van der Waals surface area contributed by atoms with Gasteiger partial charge in [-0.15, -0.1) is 0 Å². The minimum absolute atomic E-state index is 0.298. The molecule has 21 heavy (non-hydrogen) atoms. The fraction of sp³-hybridized carbons (Fsp3) is 0.625. The molecule has 2 heterocycles. The van der Waals surface area contributed by atoms with Crippen LogP contribution in [-0.2, 0) is 6.54 Å². The molecule has 1 aliphatic rings. The number of aliphatic hydroxyl groups excluding tert-OH is 1. The minimum atomic E-state index is -0.298. The third-order valence-corrected chi connectivity index (χ3v) is 4.35. The van der Waals surface area contributed by atoms with Crippen LogP contribution in [0.25, 0.3) is 5.65 Å². The van der Waals surface area contributed by atoms with E-state index in [-0.39, 0.29) is 6.10 Å². The van der Waals surface area contributed by atoms with Crippen LogP contribution in [0.3, 0.4) is 0 Å². The molecule has 5 heteroatoms. The number of imidazole rings is 1. The van der Waals surface area contributed by atoms with Gasteiger partial charge in [0, 0.05) is 31.5 Å². The van der Waals surface area contributed by atoms with Gasteiger partial charge in [0.1, 0.15) is 0 Å². The molecule has 1 atom stereocenters. The van der Waals surface area contributed by atoms with Gasteiger partial charge in [-0.05, 0) is 19.8 Å². The molecule has 1 aliphatic carbocycles. The summed E-state index contributed by atoms with van der Waals surface area (Å²) in [6.45, 7) is 3.43. The highest BCUT2D eigenvalue weighted by Gasteiger charge is 2.23. The smallest absolute Gasteiger partial charge is 0.155 e. The molecule has 0 aliphatic heterocycles. The Labute approximate surface area is 125 Å². The molecule has 0 radical (unpaired) electrons. The number of hydrogen-bond donors (Lipinski definition) is 1. The fourth-order valence-corrected chi connectivity index (χ4v) is 3.35. The summed E-state index contributed by atoms with van der Waals surface area (Å²) in [4.78, 5) is 10.9. The van der Waals surface area contributed by atoms with Crippen molar-refractivity contribution in [1.82, 2.24) is 19.3 Å². The molecule has 0 aromatic carbocycles. The van der Waals surface area contributed by atoms with E-state index in [4.69, 9.17) is 0 Å². The van der Waals surface area contributed by atoms with Gasteiger partial charge in [0.2, 0.25) is 0 Å². The van der Waals surface area contributed by atoms with Crippen LogP contribution in [0.5, 0.6) is 0 Å². The maximum absolute atomic E-state index is 9.82. The van der Waals surface area contributed by atoms with Gasteiger partial charge >= 0.3 is 0 Å². The zero-order valence-electron chi connectivity index (χ0n) is 12.6. The molecule has 0 spiro atoms. The predicted molar refractivity (Wildman–Crippen MR) is 82.0 cm³/mol. The summed E-state index contributed by atoms with van der Waals surface area (Å²) in [5, 5.41) is 9.82. The van der Waals surface area contributed by atoms with Crippen LogP contribution in [0, 0.1) is 0 Å². The Morgan fingerprint density at radius 3 is 2.90 bits per heavy atom. The Bertz CT molecular complexity index is 574. The normalized spacial score (nSPS) is 18.4. The Morgan fingerprint density at radius 1 is 1.33 bits per heavy atom. The molecular formula is C16H24N4O. The third kappa shape index (κ3) is 3.41. The number of aliphatic hydroxyl groups is 1. The Kier molecular flexibility index (Phi) is 4.51. The van der Waals surface area contributed by atoms with Crippen molar-refractivity contribution >= 4 is 5.65 Å². The van der Waals surface area contributed by atoms with Gasteiger partial charge in [-0.2, -0.15) is 0 Å². The first-order valence-corrected chi connectivity index (χ1v) is 7.92. The summed E-state index contributed by atoms with van der Waals surface area (Å²) in [6.07, 6.45) is 13.6. The van der Waals surface area contributed by atoms with Gasteiger partial charge < -0.3 is 5.11 Å². The molecule has 1 fully saturated rings. The second-order valence-electron chi connectivity index (χ2n) is 6.12. The highest BCUT2D eigenvalue weighted by atomic mass is 16.3. The molecule has 1 N–H and O–H groups in total. The summed E-state index contributed by atoms with van der Waals surface area (Å²) < 4.78 is 2.09. The number of fused-ring (bicyclic) bond motifs is 1. The topological polar surface area (TPSA) is 53.7 Å². The van der Waals surface area contributed by atoms with Gasteiger partial charge in [-0.1, -0.05) is 19.3 Å². The number of rotatable bonds is 5. The van der Waals surface area contributed by atoms with E-state index in [0.29, 0.717) is 6.04 Å². The van der Waals surface area contributed by atoms with E-state index in [1.165, 1.54) is 37.8 Å². The first-order valence-electron chi connectivity index (χ1n) is 7.92. The van der Waals surface area contributed by atoms with Crippen LogP contribution < -0.4 is 0 Å². The lowest BCUT2D eigenvalue weighted by molar-refractivity contribution is 0.0758. The Balaban J connectivity index is 1.79. The van der Waals surface area contributed by atoms with Gasteiger partial charge in [-0.3, -0.25) is 14.3 Å². The maximum atomic E-state index is 9.82. The maximum Gasteiger partial charge on any atom is 0.155 e. The highest BCUT2D eigenvalue weighted by Crippen LogP contribution is 2.24. The van der Waals surface area contributed by atoms with Crippen LogP contribution in [0.2, 0.25) is 0 Å². The number of nitrogens with zero attached hydrogens (tertiary/aromatic N) is 4. The number of hydrogen-bond acceptors (Lipinski definition) is 4. The van der Waals surface area contributed by atoms with E-state index in [2.05, 4.69) is 19.3 Å². The third-order valence-electron chi connectivity index (χ3n) is 4.35. The quantitative estimate of drug-likeness (QED) is 0.917. The lowest BCUT2D eigenvalue weighted by Gasteiger charge is -2.35. The van der Waals surface area contributed by atoms with Crippen LogP contribution in [0.1, 0.15) is 44.7 Å². The first-order chi connectivity index (χ1) is 10.2. The Morgan fingerprint density at radius 2 is 2.14 bits per heavy atom. The second kappa shape index (κ2) is 6.54. The zero-order chi connectivity index (χ0) is 14.7. The molecule has 114 valence electrons. The SMILES string of the molecule is CC(O)CN(Cc1cnc2cnccn12)C1CCCCC1. The molecule has 2 aromatic heterocycles. The molecule has 0 saturated heterocycles. The van der Waals surface area contributed by atoms with Crippen molar-refractivity contribution in [1.29, 1.82) is 0 Å². The van der Waals surface area contributed by atoms with E-state index in [9.17, 15) is 5.11 Å². The Hall–Kier alpha value is -1.46. The van der Waals surface area contributed by atoms with E-state index < -0.39 is 0 Å². The average molecular weight is 288 g/mol. The molecular weight excluding hydrogens is 264 g/mol.